The van der Waals surface area contributed by atoms with Gasteiger partial charge in [0.25, 0.3) is 11.8 Å². The highest BCUT2D eigenvalue weighted by atomic mass is 32.1. The SMILES string of the molecule is C[C@@H]1CN([C@H](C)CO)C(=O)c2cccc(NC(=O)c3nc4ccccc4s3)c2O[C@@H]1CN(C)C(=O)Nc1ccccc1. The smallest absolute Gasteiger partial charge is 0.321 e. The molecule has 10 nitrogen and oxygen atoms in total. The van der Waals surface area contributed by atoms with Crippen LogP contribution >= 0.6 is 11.3 Å². The van der Waals surface area contributed by atoms with Crippen molar-refractivity contribution in [1.82, 2.24) is 14.8 Å². The lowest BCUT2D eigenvalue weighted by atomic mass is 9.99. The van der Waals surface area contributed by atoms with Crippen LogP contribution in [-0.2, 0) is 0 Å². The third kappa shape index (κ3) is 6.22. The van der Waals surface area contributed by atoms with Crippen molar-refractivity contribution >= 4 is 50.8 Å². The number of thiazole rings is 1. The number of carbonyl (C=O) groups is 3. The molecule has 0 saturated carbocycles. The zero-order valence-corrected chi connectivity index (χ0v) is 24.4. The van der Waals surface area contributed by atoms with Gasteiger partial charge in [0.15, 0.2) is 10.8 Å². The summed E-state index contributed by atoms with van der Waals surface area (Å²) in [5.74, 6) is -0.757. The van der Waals surface area contributed by atoms with Crippen molar-refractivity contribution in [3.8, 4) is 5.75 Å². The van der Waals surface area contributed by atoms with Crippen molar-refractivity contribution in [3.05, 3.63) is 83.4 Å². The maximum atomic E-state index is 13.7. The summed E-state index contributed by atoms with van der Waals surface area (Å²) >= 11 is 1.27. The van der Waals surface area contributed by atoms with Crippen LogP contribution in [-0.4, -0.2) is 76.6 Å². The molecule has 0 unspecified atom stereocenters. The first kappa shape index (κ1) is 29.0. The normalized spacial score (nSPS) is 17.4. The van der Waals surface area contributed by atoms with Gasteiger partial charge in [0.05, 0.1) is 40.7 Å². The number of aliphatic hydroxyl groups is 1. The van der Waals surface area contributed by atoms with Gasteiger partial charge in [0, 0.05) is 25.2 Å². The van der Waals surface area contributed by atoms with Crippen LogP contribution in [0.5, 0.6) is 5.75 Å². The minimum atomic E-state index is -0.544. The van der Waals surface area contributed by atoms with Crippen molar-refractivity contribution < 1.29 is 24.2 Å². The number of rotatable bonds is 7. The molecule has 0 radical (unpaired) electrons. The van der Waals surface area contributed by atoms with Crippen LogP contribution in [0.4, 0.5) is 16.2 Å². The zero-order valence-electron chi connectivity index (χ0n) is 23.6. The molecule has 3 N–H and O–H groups in total. The number of hydrogen-bond acceptors (Lipinski definition) is 7. The molecule has 4 aromatic rings. The lowest BCUT2D eigenvalue weighted by Crippen LogP contribution is -2.50. The number of ether oxygens (including phenoxy) is 1. The first-order valence-electron chi connectivity index (χ1n) is 13.7. The van der Waals surface area contributed by atoms with Crippen molar-refractivity contribution in [2.45, 2.75) is 26.0 Å². The van der Waals surface area contributed by atoms with Gasteiger partial charge in [-0.1, -0.05) is 43.3 Å². The number of aliphatic hydroxyl groups excluding tert-OH is 1. The second-order valence-electron chi connectivity index (χ2n) is 10.4. The molecule has 5 rings (SSSR count). The molecule has 0 aliphatic carbocycles. The van der Waals surface area contributed by atoms with E-state index >= 15 is 0 Å². The molecule has 218 valence electrons. The third-order valence-electron chi connectivity index (χ3n) is 7.25. The van der Waals surface area contributed by atoms with Crippen LogP contribution in [0.15, 0.2) is 72.8 Å². The average molecular weight is 588 g/mol. The number of nitrogens with zero attached hydrogens (tertiary/aromatic N) is 3. The molecule has 0 fully saturated rings. The predicted molar refractivity (Wildman–Crippen MR) is 163 cm³/mol. The highest BCUT2D eigenvalue weighted by molar-refractivity contribution is 7.20. The average Bonchev–Trinajstić information content (AvgIpc) is 3.44. The Bertz CT molecular complexity index is 1560. The molecule has 4 amide bonds. The van der Waals surface area contributed by atoms with E-state index in [1.165, 1.54) is 16.2 Å². The predicted octanol–water partition coefficient (Wildman–Crippen LogP) is 4.93. The summed E-state index contributed by atoms with van der Waals surface area (Å²) in [5.41, 5.74) is 1.96. The number of benzene rings is 3. The van der Waals surface area contributed by atoms with Crippen LogP contribution in [0.1, 0.15) is 34.0 Å². The summed E-state index contributed by atoms with van der Waals surface area (Å²) in [6, 6.07) is 20.9. The van der Waals surface area contributed by atoms with Gasteiger partial charge in [-0.2, -0.15) is 0 Å². The van der Waals surface area contributed by atoms with E-state index in [-0.39, 0.29) is 47.3 Å². The van der Waals surface area contributed by atoms with Crippen LogP contribution in [0.3, 0.4) is 0 Å². The van der Waals surface area contributed by atoms with E-state index in [2.05, 4.69) is 15.6 Å². The van der Waals surface area contributed by atoms with Crippen molar-refractivity contribution in [1.29, 1.82) is 0 Å². The summed E-state index contributed by atoms with van der Waals surface area (Å²) < 4.78 is 7.40. The fraction of sp³-hybridized carbons (Fsp3) is 0.290. The van der Waals surface area contributed by atoms with E-state index in [1.54, 1.807) is 49.2 Å². The quantitative estimate of drug-likeness (QED) is 0.282. The zero-order chi connectivity index (χ0) is 29.8. The molecular formula is C31H33N5O5S. The first-order chi connectivity index (χ1) is 20.2. The molecule has 0 spiro atoms. The fourth-order valence-corrected chi connectivity index (χ4v) is 5.66. The second-order valence-corrected chi connectivity index (χ2v) is 11.5. The first-order valence-corrected chi connectivity index (χ1v) is 14.5. The highest BCUT2D eigenvalue weighted by Crippen LogP contribution is 2.35. The van der Waals surface area contributed by atoms with Gasteiger partial charge in [-0.15, -0.1) is 11.3 Å². The van der Waals surface area contributed by atoms with Gasteiger partial charge in [-0.25, -0.2) is 9.78 Å². The van der Waals surface area contributed by atoms with E-state index in [0.29, 0.717) is 17.9 Å². The van der Waals surface area contributed by atoms with Crippen LogP contribution in [0.25, 0.3) is 10.2 Å². The van der Waals surface area contributed by atoms with Crippen molar-refractivity contribution in [3.63, 3.8) is 0 Å². The number of amides is 4. The Labute approximate surface area is 247 Å². The monoisotopic (exact) mass is 587 g/mol. The highest BCUT2D eigenvalue weighted by Gasteiger charge is 2.35. The van der Waals surface area contributed by atoms with E-state index in [1.807, 2.05) is 49.4 Å². The number of likely N-dealkylation sites (N-methyl/N-ethyl adjacent to an activating group) is 1. The molecule has 42 heavy (non-hydrogen) atoms. The number of hydrogen-bond donors (Lipinski definition) is 3. The number of anilines is 2. The lowest BCUT2D eigenvalue weighted by Gasteiger charge is -2.38. The van der Waals surface area contributed by atoms with E-state index in [9.17, 15) is 19.5 Å². The van der Waals surface area contributed by atoms with Gasteiger partial charge in [-0.3, -0.25) is 9.59 Å². The minimum Gasteiger partial charge on any atom is -0.485 e. The Hall–Kier alpha value is -4.48. The fourth-order valence-electron chi connectivity index (χ4n) is 4.80. The molecule has 3 atom stereocenters. The van der Waals surface area contributed by atoms with Gasteiger partial charge < -0.3 is 30.3 Å². The van der Waals surface area contributed by atoms with E-state index in [4.69, 9.17) is 4.74 Å². The maximum Gasteiger partial charge on any atom is 0.321 e. The third-order valence-corrected chi connectivity index (χ3v) is 8.29. The van der Waals surface area contributed by atoms with Gasteiger partial charge in [0.1, 0.15) is 6.10 Å². The summed E-state index contributed by atoms with van der Waals surface area (Å²) in [4.78, 5) is 47.6. The van der Waals surface area contributed by atoms with Crippen LogP contribution in [0, 0.1) is 5.92 Å². The number of aromatic nitrogens is 1. The molecule has 11 heteroatoms. The molecular weight excluding hydrogens is 554 g/mol. The number of para-hydroxylation sites is 3. The number of carbonyl (C=O) groups excluding carboxylic acids is 3. The number of fused-ring (bicyclic) bond motifs is 2. The van der Waals surface area contributed by atoms with E-state index < -0.39 is 18.1 Å². The lowest BCUT2D eigenvalue weighted by molar-refractivity contribution is 0.0372. The summed E-state index contributed by atoms with van der Waals surface area (Å²) in [5, 5.41) is 16.0. The molecule has 0 bridgehead atoms. The molecule has 3 aromatic carbocycles. The molecule has 1 aliphatic rings. The molecule has 2 heterocycles. The van der Waals surface area contributed by atoms with Gasteiger partial charge >= 0.3 is 6.03 Å². The Morgan fingerprint density at radius 1 is 1.10 bits per heavy atom. The Kier molecular flexibility index (Phi) is 8.69. The van der Waals surface area contributed by atoms with Gasteiger partial charge in [0.2, 0.25) is 0 Å². The van der Waals surface area contributed by atoms with E-state index in [0.717, 1.165) is 10.2 Å². The summed E-state index contributed by atoms with van der Waals surface area (Å²) in [6.45, 7) is 4.01. The van der Waals surface area contributed by atoms with Crippen molar-refractivity contribution in [2.24, 2.45) is 5.92 Å². The largest absolute Gasteiger partial charge is 0.485 e. The molecule has 1 aromatic heterocycles. The number of nitrogens with one attached hydrogen (secondary N) is 2. The van der Waals surface area contributed by atoms with Crippen LogP contribution in [0.2, 0.25) is 0 Å². The second kappa shape index (κ2) is 12.6. The Morgan fingerprint density at radius 2 is 1.83 bits per heavy atom. The van der Waals surface area contributed by atoms with Crippen molar-refractivity contribution in [2.75, 3.05) is 37.4 Å². The minimum absolute atomic E-state index is 0.203. The maximum absolute atomic E-state index is 13.7. The van der Waals surface area contributed by atoms with Gasteiger partial charge in [-0.05, 0) is 43.3 Å². The molecule has 1 aliphatic heterocycles. The topological polar surface area (TPSA) is 124 Å². The standard InChI is InChI=1S/C31H33N5O5S/c1-19-16-36(20(2)18-37)30(39)22-12-9-14-24(33-28(38)29-34-23-13-7-8-15-26(23)42-29)27(22)41-25(19)17-35(3)31(40)32-21-10-5-4-6-11-21/h4-15,19-20,25,37H,16-18H2,1-3H3,(H,32,40)(H,33,38)/t19-,20-,25-/m1/s1. The molecule has 0 saturated heterocycles. The summed E-state index contributed by atoms with van der Waals surface area (Å²) in [7, 11) is 1.67. The number of urea groups is 1. The summed E-state index contributed by atoms with van der Waals surface area (Å²) in [6.07, 6.45) is -0.544. The Morgan fingerprint density at radius 3 is 2.57 bits per heavy atom. The van der Waals surface area contributed by atoms with Crippen LogP contribution < -0.4 is 15.4 Å². The Balaban J connectivity index is 1.45.